The molecule has 6 unspecified atom stereocenters. The van der Waals surface area contributed by atoms with Gasteiger partial charge in [-0.1, -0.05) is 0 Å². The highest BCUT2D eigenvalue weighted by atomic mass is 16.1. The monoisotopic (exact) mass is 319 g/mol. The second-order valence-electron chi connectivity index (χ2n) is 7.94. The van der Waals surface area contributed by atoms with Gasteiger partial charge in [0.05, 0.1) is 24.2 Å². The summed E-state index contributed by atoms with van der Waals surface area (Å²) in [7, 11) is 0. The van der Waals surface area contributed by atoms with Crippen LogP contribution in [0.25, 0.3) is 0 Å². The Morgan fingerprint density at radius 1 is 0.565 bits per heavy atom. The van der Waals surface area contributed by atoms with Gasteiger partial charge in [0.1, 0.15) is 0 Å². The SMILES string of the molecule is O=C1C2CCCC(CC3CCCC(N3)C(=O)C3CCCC1N3)N2. The van der Waals surface area contributed by atoms with Gasteiger partial charge in [0.15, 0.2) is 11.6 Å². The number of ketones is 2. The molecule has 4 aliphatic rings. The van der Waals surface area contributed by atoms with E-state index in [1.165, 1.54) is 0 Å². The highest BCUT2D eigenvalue weighted by Crippen LogP contribution is 2.26. The van der Waals surface area contributed by atoms with E-state index in [-0.39, 0.29) is 24.2 Å². The summed E-state index contributed by atoms with van der Waals surface area (Å²) in [5.74, 6) is 0.594. The Kier molecular flexibility index (Phi) is 4.52. The Labute approximate surface area is 138 Å². The van der Waals surface area contributed by atoms with Crippen molar-refractivity contribution >= 4 is 11.6 Å². The number of hydrogen-bond donors (Lipinski definition) is 3. The molecule has 0 amide bonds. The van der Waals surface area contributed by atoms with Gasteiger partial charge in [0, 0.05) is 12.1 Å². The maximum Gasteiger partial charge on any atom is 0.166 e. The lowest BCUT2D eigenvalue weighted by Crippen LogP contribution is -2.62. The van der Waals surface area contributed by atoms with E-state index in [1.807, 2.05) is 0 Å². The standard InChI is InChI=1S/C18H29N3O2/c22-17-13-6-1-4-11(19-13)10-12-5-2-7-14(20-12)18(23)16-9-3-8-15(17)21-16/h11-16,19-21H,1-10H2. The number of piperidine rings is 3. The van der Waals surface area contributed by atoms with Gasteiger partial charge in [-0.3, -0.25) is 14.9 Å². The van der Waals surface area contributed by atoms with Crippen molar-refractivity contribution in [3.05, 3.63) is 0 Å². The van der Waals surface area contributed by atoms with Crippen molar-refractivity contribution in [3.63, 3.8) is 0 Å². The zero-order valence-electron chi connectivity index (χ0n) is 13.9. The number of fused-ring (bicyclic) bond motifs is 6. The topological polar surface area (TPSA) is 70.2 Å². The molecule has 0 radical (unpaired) electrons. The molecule has 0 spiro atoms. The first-order valence-electron chi connectivity index (χ1n) is 9.56. The fourth-order valence-electron chi connectivity index (χ4n) is 5.07. The van der Waals surface area contributed by atoms with Gasteiger partial charge in [-0.2, -0.15) is 0 Å². The van der Waals surface area contributed by atoms with Crippen LogP contribution >= 0.6 is 0 Å². The van der Waals surface area contributed by atoms with E-state index in [0.717, 1.165) is 64.2 Å². The predicted octanol–water partition coefficient (Wildman–Crippen LogP) is 1.06. The van der Waals surface area contributed by atoms with E-state index in [0.29, 0.717) is 23.7 Å². The molecule has 0 saturated carbocycles. The summed E-state index contributed by atoms with van der Waals surface area (Å²) in [6.07, 6.45) is 10.3. The normalized spacial score (nSPS) is 45.0. The van der Waals surface area contributed by atoms with Crippen LogP contribution in [0.5, 0.6) is 0 Å². The van der Waals surface area contributed by atoms with Gasteiger partial charge >= 0.3 is 0 Å². The van der Waals surface area contributed by atoms with Gasteiger partial charge in [0.25, 0.3) is 0 Å². The lowest BCUT2D eigenvalue weighted by atomic mass is 9.82. The second kappa shape index (κ2) is 6.61. The summed E-state index contributed by atoms with van der Waals surface area (Å²) in [5.41, 5.74) is 0. The Morgan fingerprint density at radius 3 is 1.43 bits per heavy atom. The number of hydrogen-bond acceptors (Lipinski definition) is 5. The lowest BCUT2D eigenvalue weighted by Gasteiger charge is -2.41. The third kappa shape index (κ3) is 3.24. The van der Waals surface area contributed by atoms with Crippen molar-refractivity contribution in [2.45, 2.75) is 100 Å². The van der Waals surface area contributed by atoms with Crippen molar-refractivity contribution in [2.75, 3.05) is 0 Å². The molecule has 6 bridgehead atoms. The summed E-state index contributed by atoms with van der Waals surface area (Å²) in [5, 5.41) is 10.6. The average Bonchev–Trinajstić information content (AvgIpc) is 2.60. The molecule has 0 aromatic rings. The van der Waals surface area contributed by atoms with E-state index in [4.69, 9.17) is 0 Å². The summed E-state index contributed by atoms with van der Waals surface area (Å²) in [4.78, 5) is 25.8. The number of carbonyl (C=O) groups is 2. The van der Waals surface area contributed by atoms with Crippen LogP contribution in [0.4, 0.5) is 0 Å². The molecule has 128 valence electrons. The van der Waals surface area contributed by atoms with E-state index >= 15 is 0 Å². The third-order valence-electron chi connectivity index (χ3n) is 6.30. The Bertz CT molecular complexity index is 441. The summed E-state index contributed by atoms with van der Waals surface area (Å²) < 4.78 is 0. The van der Waals surface area contributed by atoms with Crippen molar-refractivity contribution in [3.8, 4) is 0 Å². The highest BCUT2D eigenvalue weighted by molar-refractivity contribution is 5.93. The quantitative estimate of drug-likeness (QED) is 0.623. The van der Waals surface area contributed by atoms with Crippen molar-refractivity contribution < 1.29 is 9.59 Å². The van der Waals surface area contributed by atoms with Gasteiger partial charge in [-0.05, 0) is 64.2 Å². The van der Waals surface area contributed by atoms with Crippen molar-refractivity contribution in [1.82, 2.24) is 16.0 Å². The lowest BCUT2D eigenvalue weighted by molar-refractivity contribution is -0.128. The third-order valence-corrected chi connectivity index (χ3v) is 6.30. The van der Waals surface area contributed by atoms with Crippen LogP contribution in [0, 0.1) is 0 Å². The van der Waals surface area contributed by atoms with Crippen LogP contribution in [-0.2, 0) is 9.59 Å². The molecule has 3 N–H and O–H groups in total. The highest BCUT2D eigenvalue weighted by Gasteiger charge is 2.39. The Morgan fingerprint density at radius 2 is 0.957 bits per heavy atom. The molecular formula is C18H29N3O2. The molecule has 5 nitrogen and oxygen atoms in total. The molecule has 23 heavy (non-hydrogen) atoms. The first-order chi connectivity index (χ1) is 11.2. The van der Waals surface area contributed by atoms with Gasteiger partial charge in [-0.25, -0.2) is 0 Å². The largest absolute Gasteiger partial charge is 0.305 e. The van der Waals surface area contributed by atoms with E-state index < -0.39 is 0 Å². The van der Waals surface area contributed by atoms with Crippen LogP contribution in [0.3, 0.4) is 0 Å². The van der Waals surface area contributed by atoms with Gasteiger partial charge < -0.3 is 10.6 Å². The van der Waals surface area contributed by atoms with E-state index in [2.05, 4.69) is 16.0 Å². The first kappa shape index (κ1) is 15.7. The average molecular weight is 319 g/mol. The minimum Gasteiger partial charge on any atom is -0.305 e. The molecule has 4 heterocycles. The molecule has 0 aliphatic carbocycles. The minimum absolute atomic E-state index is 0.0149. The molecule has 4 aliphatic heterocycles. The molecule has 0 aromatic carbocycles. The van der Waals surface area contributed by atoms with Crippen LogP contribution in [-0.4, -0.2) is 47.8 Å². The summed E-state index contributed by atoms with van der Waals surface area (Å²) in [6, 6.07) is 0.545. The second-order valence-corrected chi connectivity index (χ2v) is 7.94. The Balaban J connectivity index is 1.59. The zero-order valence-corrected chi connectivity index (χ0v) is 13.9. The molecule has 4 rings (SSSR count). The maximum absolute atomic E-state index is 12.9. The predicted molar refractivity (Wildman–Crippen MR) is 88.3 cm³/mol. The van der Waals surface area contributed by atoms with Crippen LogP contribution in [0.2, 0.25) is 0 Å². The van der Waals surface area contributed by atoms with E-state index in [9.17, 15) is 9.59 Å². The van der Waals surface area contributed by atoms with Gasteiger partial charge in [-0.15, -0.1) is 0 Å². The molecule has 0 aromatic heterocycles. The van der Waals surface area contributed by atoms with Gasteiger partial charge in [0.2, 0.25) is 0 Å². The van der Waals surface area contributed by atoms with Crippen molar-refractivity contribution in [2.24, 2.45) is 0 Å². The summed E-state index contributed by atoms with van der Waals surface area (Å²) in [6.45, 7) is 0. The maximum atomic E-state index is 12.9. The molecule has 6 atom stereocenters. The van der Waals surface area contributed by atoms with Crippen molar-refractivity contribution in [1.29, 1.82) is 0 Å². The number of carbonyl (C=O) groups excluding carboxylic acids is 2. The number of Topliss-reactive ketones (excluding diaryl/α,β-unsaturated/α-hetero) is 2. The molecular weight excluding hydrogens is 290 g/mol. The number of nitrogens with one attached hydrogen (secondary N) is 3. The zero-order chi connectivity index (χ0) is 15.8. The van der Waals surface area contributed by atoms with Crippen LogP contribution < -0.4 is 16.0 Å². The van der Waals surface area contributed by atoms with E-state index in [1.54, 1.807) is 0 Å². The molecule has 4 saturated heterocycles. The smallest absolute Gasteiger partial charge is 0.166 e. The fourth-order valence-corrected chi connectivity index (χ4v) is 5.07. The van der Waals surface area contributed by atoms with Crippen LogP contribution in [0.15, 0.2) is 0 Å². The van der Waals surface area contributed by atoms with Crippen LogP contribution in [0.1, 0.15) is 64.2 Å². The minimum atomic E-state index is -0.132. The Hall–Kier alpha value is -0.780. The molecule has 4 fully saturated rings. The fraction of sp³-hybridized carbons (Fsp3) is 0.889. The number of rotatable bonds is 0. The first-order valence-corrected chi connectivity index (χ1v) is 9.56. The molecule has 5 heteroatoms. The summed E-state index contributed by atoms with van der Waals surface area (Å²) >= 11 is 0.